The van der Waals surface area contributed by atoms with E-state index in [1.807, 2.05) is 12.1 Å². The van der Waals surface area contributed by atoms with Crippen molar-refractivity contribution in [3.8, 4) is 0 Å². The van der Waals surface area contributed by atoms with Crippen LogP contribution in [0, 0.1) is 0 Å². The summed E-state index contributed by atoms with van der Waals surface area (Å²) >= 11 is 0. The lowest BCUT2D eigenvalue weighted by Crippen LogP contribution is -2.24. The zero-order valence-corrected chi connectivity index (χ0v) is 9.11. The fourth-order valence-electron chi connectivity index (χ4n) is 1.98. The second-order valence-electron chi connectivity index (χ2n) is 4.11. The molecule has 0 aliphatic carbocycles. The molecule has 1 unspecified atom stereocenters. The molecule has 1 aromatic rings. The van der Waals surface area contributed by atoms with Gasteiger partial charge in [-0.25, -0.2) is 4.98 Å². The van der Waals surface area contributed by atoms with Crippen molar-refractivity contribution in [2.45, 2.75) is 19.0 Å². The van der Waals surface area contributed by atoms with E-state index in [2.05, 4.69) is 22.2 Å². The highest BCUT2D eigenvalue weighted by atomic mass is 15.2. The van der Waals surface area contributed by atoms with Crippen LogP contribution >= 0.6 is 0 Å². The third kappa shape index (κ3) is 2.46. The molecule has 0 saturated carbocycles. The Morgan fingerprint density at radius 1 is 1.67 bits per heavy atom. The molecule has 0 radical (unpaired) electrons. The first-order chi connectivity index (χ1) is 7.29. The number of likely N-dealkylation sites (tertiary alicyclic amines) is 1. The van der Waals surface area contributed by atoms with Gasteiger partial charge in [0.2, 0.25) is 0 Å². The van der Waals surface area contributed by atoms with Crippen molar-refractivity contribution in [2.75, 3.05) is 25.5 Å². The smallest absolute Gasteiger partial charge is 0.130 e. The number of rotatable bonds is 3. The molecule has 2 rings (SSSR count). The molecule has 0 aromatic carbocycles. The van der Waals surface area contributed by atoms with Gasteiger partial charge in [-0.3, -0.25) is 0 Å². The van der Waals surface area contributed by atoms with Crippen LogP contribution in [-0.2, 0) is 6.54 Å². The van der Waals surface area contributed by atoms with Gasteiger partial charge in [-0.15, -0.1) is 0 Å². The number of hydrogen-bond donors (Lipinski definition) is 2. The SMILES string of the molecule is CN1CCC(Nc2ncccc2CN)C1. The zero-order valence-electron chi connectivity index (χ0n) is 9.11. The van der Waals surface area contributed by atoms with E-state index in [-0.39, 0.29) is 0 Å². The first-order valence-electron chi connectivity index (χ1n) is 5.38. The molecule has 0 bridgehead atoms. The third-order valence-corrected chi connectivity index (χ3v) is 2.84. The fraction of sp³-hybridized carbons (Fsp3) is 0.545. The van der Waals surface area contributed by atoms with Gasteiger partial charge in [0.15, 0.2) is 0 Å². The Hall–Kier alpha value is -1.13. The highest BCUT2D eigenvalue weighted by molar-refractivity contribution is 5.44. The number of aromatic nitrogens is 1. The van der Waals surface area contributed by atoms with E-state index in [1.165, 1.54) is 6.42 Å². The van der Waals surface area contributed by atoms with Crippen LogP contribution in [0.15, 0.2) is 18.3 Å². The highest BCUT2D eigenvalue weighted by Crippen LogP contribution is 2.16. The van der Waals surface area contributed by atoms with Crippen LogP contribution < -0.4 is 11.1 Å². The van der Waals surface area contributed by atoms with Crippen LogP contribution in [0.5, 0.6) is 0 Å². The van der Waals surface area contributed by atoms with Crippen LogP contribution in [0.4, 0.5) is 5.82 Å². The van der Waals surface area contributed by atoms with Crippen molar-refractivity contribution in [1.82, 2.24) is 9.88 Å². The molecule has 1 aromatic heterocycles. The first-order valence-corrected chi connectivity index (χ1v) is 5.38. The second-order valence-corrected chi connectivity index (χ2v) is 4.11. The predicted molar refractivity (Wildman–Crippen MR) is 61.7 cm³/mol. The standard InChI is InChI=1S/C11H18N4/c1-15-6-4-10(8-15)14-11-9(7-12)3-2-5-13-11/h2-3,5,10H,4,6-8,12H2,1H3,(H,13,14). The van der Waals surface area contributed by atoms with Gasteiger partial charge in [-0.1, -0.05) is 6.07 Å². The maximum Gasteiger partial charge on any atom is 0.130 e. The maximum atomic E-state index is 5.66. The number of nitrogens with one attached hydrogen (secondary N) is 1. The molecule has 1 aliphatic rings. The molecule has 1 aliphatic heterocycles. The summed E-state index contributed by atoms with van der Waals surface area (Å²) in [5.41, 5.74) is 6.75. The number of likely N-dealkylation sites (N-methyl/N-ethyl adjacent to an activating group) is 1. The number of nitrogens with two attached hydrogens (primary N) is 1. The number of pyridine rings is 1. The van der Waals surface area contributed by atoms with Gasteiger partial charge < -0.3 is 16.0 Å². The van der Waals surface area contributed by atoms with E-state index in [0.717, 1.165) is 24.5 Å². The minimum atomic E-state index is 0.509. The van der Waals surface area contributed by atoms with Gasteiger partial charge in [0.1, 0.15) is 5.82 Å². The topological polar surface area (TPSA) is 54.2 Å². The van der Waals surface area contributed by atoms with Crippen molar-refractivity contribution < 1.29 is 0 Å². The molecule has 15 heavy (non-hydrogen) atoms. The number of anilines is 1. The van der Waals surface area contributed by atoms with Gasteiger partial charge in [0, 0.05) is 30.9 Å². The Balaban J connectivity index is 2.04. The second kappa shape index (κ2) is 4.59. The quantitative estimate of drug-likeness (QED) is 0.762. The number of hydrogen-bond acceptors (Lipinski definition) is 4. The molecule has 4 nitrogen and oxygen atoms in total. The van der Waals surface area contributed by atoms with E-state index in [4.69, 9.17) is 5.73 Å². The average molecular weight is 206 g/mol. The van der Waals surface area contributed by atoms with Gasteiger partial charge in [-0.2, -0.15) is 0 Å². The van der Waals surface area contributed by atoms with Gasteiger partial charge >= 0.3 is 0 Å². The molecule has 1 atom stereocenters. The van der Waals surface area contributed by atoms with Crippen LogP contribution in [0.2, 0.25) is 0 Å². The zero-order chi connectivity index (χ0) is 10.7. The third-order valence-electron chi connectivity index (χ3n) is 2.84. The van der Waals surface area contributed by atoms with Crippen molar-refractivity contribution >= 4 is 5.82 Å². The molecule has 1 fully saturated rings. The summed E-state index contributed by atoms with van der Waals surface area (Å²) in [5, 5.41) is 3.46. The molecular formula is C11H18N4. The monoisotopic (exact) mass is 206 g/mol. The predicted octanol–water partition coefficient (Wildman–Crippen LogP) is 0.656. The van der Waals surface area contributed by atoms with E-state index >= 15 is 0 Å². The molecule has 0 spiro atoms. The minimum Gasteiger partial charge on any atom is -0.366 e. The van der Waals surface area contributed by atoms with E-state index in [1.54, 1.807) is 6.20 Å². The van der Waals surface area contributed by atoms with Crippen LogP contribution in [0.3, 0.4) is 0 Å². The van der Waals surface area contributed by atoms with Crippen molar-refractivity contribution in [3.63, 3.8) is 0 Å². The molecule has 82 valence electrons. The van der Waals surface area contributed by atoms with E-state index in [9.17, 15) is 0 Å². The summed E-state index contributed by atoms with van der Waals surface area (Å²) in [6.45, 7) is 2.78. The number of nitrogens with zero attached hydrogens (tertiary/aromatic N) is 2. The van der Waals surface area contributed by atoms with Gasteiger partial charge in [0.25, 0.3) is 0 Å². The van der Waals surface area contributed by atoms with Crippen molar-refractivity contribution in [3.05, 3.63) is 23.9 Å². The minimum absolute atomic E-state index is 0.509. The Bertz CT molecular complexity index is 326. The summed E-state index contributed by atoms with van der Waals surface area (Å²) < 4.78 is 0. The van der Waals surface area contributed by atoms with Gasteiger partial charge in [-0.05, 0) is 26.1 Å². The summed E-state index contributed by atoms with van der Waals surface area (Å²) in [5.74, 6) is 0.945. The van der Waals surface area contributed by atoms with Crippen molar-refractivity contribution in [2.24, 2.45) is 5.73 Å². The highest BCUT2D eigenvalue weighted by Gasteiger charge is 2.19. The summed E-state index contributed by atoms with van der Waals surface area (Å²) in [6, 6.07) is 4.46. The summed E-state index contributed by atoms with van der Waals surface area (Å²) in [6.07, 6.45) is 2.98. The first kappa shape index (κ1) is 10.4. The fourth-order valence-corrected chi connectivity index (χ4v) is 1.98. The van der Waals surface area contributed by atoms with Crippen LogP contribution in [0.25, 0.3) is 0 Å². The summed E-state index contributed by atoms with van der Waals surface area (Å²) in [4.78, 5) is 6.65. The van der Waals surface area contributed by atoms with Crippen LogP contribution in [-0.4, -0.2) is 36.1 Å². The average Bonchev–Trinajstić information content (AvgIpc) is 2.65. The lowest BCUT2D eigenvalue weighted by atomic mass is 10.2. The molecule has 4 heteroatoms. The molecular weight excluding hydrogens is 188 g/mol. The largest absolute Gasteiger partial charge is 0.366 e. The van der Waals surface area contributed by atoms with E-state index < -0.39 is 0 Å². The summed E-state index contributed by atoms with van der Waals surface area (Å²) in [7, 11) is 2.14. The lowest BCUT2D eigenvalue weighted by molar-refractivity contribution is 0.414. The molecule has 0 amide bonds. The Morgan fingerprint density at radius 3 is 3.20 bits per heavy atom. The van der Waals surface area contributed by atoms with E-state index in [0.29, 0.717) is 12.6 Å². The molecule has 1 saturated heterocycles. The Kier molecular flexibility index (Phi) is 3.18. The molecule has 2 heterocycles. The Morgan fingerprint density at radius 2 is 2.53 bits per heavy atom. The van der Waals surface area contributed by atoms with Crippen molar-refractivity contribution in [1.29, 1.82) is 0 Å². The van der Waals surface area contributed by atoms with Gasteiger partial charge in [0.05, 0.1) is 0 Å². The Labute approximate surface area is 90.5 Å². The lowest BCUT2D eigenvalue weighted by Gasteiger charge is -2.15. The maximum absolute atomic E-state index is 5.66. The normalized spacial score (nSPS) is 21.9. The van der Waals surface area contributed by atoms with Crippen LogP contribution in [0.1, 0.15) is 12.0 Å². The molecule has 3 N–H and O–H groups in total.